The molecule has 0 bridgehead atoms. The number of carbonyl (C=O) groups excluding carboxylic acids is 1. The second kappa shape index (κ2) is 6.73. The lowest BCUT2D eigenvalue weighted by molar-refractivity contribution is -0.124. The zero-order valence-corrected chi connectivity index (χ0v) is 14.2. The lowest BCUT2D eigenvalue weighted by Gasteiger charge is -2.40. The molecular weight excluding hydrogens is 303 g/mol. The summed E-state index contributed by atoms with van der Waals surface area (Å²) in [4.78, 5) is 15.0. The smallest absolute Gasteiger partial charge is 0.235 e. The Morgan fingerprint density at radius 3 is 2.46 bits per heavy atom. The fraction of sp³-hybridized carbons (Fsp3) is 0.350. The molecule has 126 valence electrons. The van der Waals surface area contributed by atoms with Crippen LogP contribution in [0.5, 0.6) is 0 Å². The van der Waals surface area contributed by atoms with Crippen LogP contribution in [0.25, 0.3) is 0 Å². The van der Waals surface area contributed by atoms with Gasteiger partial charge in [-0.05, 0) is 62.3 Å². The minimum Gasteiger partial charge on any atom is -0.325 e. The highest BCUT2D eigenvalue weighted by Crippen LogP contribution is 2.44. The first-order chi connectivity index (χ1) is 11.5. The van der Waals surface area contributed by atoms with E-state index in [0.717, 1.165) is 42.6 Å². The molecule has 0 unspecified atom stereocenters. The van der Waals surface area contributed by atoms with E-state index < -0.39 is 5.41 Å². The number of halogens is 1. The van der Waals surface area contributed by atoms with Gasteiger partial charge in [-0.25, -0.2) is 4.39 Å². The molecular formula is C20H23FN2O. The van der Waals surface area contributed by atoms with Crippen LogP contribution in [0.2, 0.25) is 0 Å². The average molecular weight is 326 g/mol. The summed E-state index contributed by atoms with van der Waals surface area (Å²) in [7, 11) is 4.03. The first-order valence-corrected chi connectivity index (χ1v) is 8.31. The van der Waals surface area contributed by atoms with Gasteiger partial charge in [0.15, 0.2) is 0 Å². The van der Waals surface area contributed by atoms with Gasteiger partial charge in [0.25, 0.3) is 0 Å². The minimum atomic E-state index is -0.523. The number of hydrogen-bond donors (Lipinski definition) is 1. The molecule has 0 radical (unpaired) electrons. The number of benzene rings is 2. The molecule has 24 heavy (non-hydrogen) atoms. The van der Waals surface area contributed by atoms with E-state index in [2.05, 4.69) is 16.3 Å². The van der Waals surface area contributed by atoms with Crippen molar-refractivity contribution in [1.29, 1.82) is 0 Å². The normalized spacial score (nSPS) is 15.8. The Balaban J connectivity index is 1.79. The van der Waals surface area contributed by atoms with Crippen LogP contribution in [0, 0.1) is 5.82 Å². The van der Waals surface area contributed by atoms with Gasteiger partial charge in [-0.3, -0.25) is 4.79 Å². The molecule has 1 amide bonds. The molecule has 2 aromatic carbocycles. The Labute approximate surface area is 142 Å². The predicted molar refractivity (Wildman–Crippen MR) is 94.4 cm³/mol. The van der Waals surface area contributed by atoms with E-state index >= 15 is 0 Å². The first-order valence-electron chi connectivity index (χ1n) is 8.31. The van der Waals surface area contributed by atoms with Crippen molar-refractivity contribution in [2.24, 2.45) is 0 Å². The van der Waals surface area contributed by atoms with E-state index in [-0.39, 0.29) is 11.7 Å². The van der Waals surface area contributed by atoms with Gasteiger partial charge in [0.05, 0.1) is 5.41 Å². The molecule has 1 aliphatic rings. The van der Waals surface area contributed by atoms with Crippen molar-refractivity contribution in [2.75, 3.05) is 19.4 Å². The average Bonchev–Trinajstić information content (AvgIpc) is 2.47. The standard InChI is InChI=1S/C20H23FN2O/c1-23(2)14-15-5-3-6-18(13-15)22-19(24)20(11-4-12-20)16-7-9-17(21)10-8-16/h3,5-10,13H,4,11-12,14H2,1-2H3,(H,22,24). The third-order valence-electron chi connectivity index (χ3n) is 4.72. The van der Waals surface area contributed by atoms with Crippen LogP contribution in [0.3, 0.4) is 0 Å². The number of anilines is 1. The van der Waals surface area contributed by atoms with E-state index in [1.54, 1.807) is 12.1 Å². The quantitative estimate of drug-likeness (QED) is 0.902. The summed E-state index contributed by atoms with van der Waals surface area (Å²) in [5, 5.41) is 3.06. The van der Waals surface area contributed by atoms with Crippen LogP contribution in [0.1, 0.15) is 30.4 Å². The Morgan fingerprint density at radius 1 is 1.17 bits per heavy atom. The van der Waals surface area contributed by atoms with E-state index in [9.17, 15) is 9.18 Å². The Bertz CT molecular complexity index is 721. The molecule has 3 rings (SSSR count). The lowest BCUT2D eigenvalue weighted by Crippen LogP contribution is -2.46. The topological polar surface area (TPSA) is 32.3 Å². The number of hydrogen-bond acceptors (Lipinski definition) is 2. The van der Waals surface area contributed by atoms with E-state index in [1.165, 1.54) is 12.1 Å². The van der Waals surface area contributed by atoms with Gasteiger partial charge in [0.2, 0.25) is 5.91 Å². The van der Waals surface area contributed by atoms with Crippen molar-refractivity contribution in [2.45, 2.75) is 31.2 Å². The van der Waals surface area contributed by atoms with Crippen molar-refractivity contribution in [1.82, 2.24) is 4.90 Å². The molecule has 0 saturated heterocycles. The minimum absolute atomic E-state index is 0.00219. The third-order valence-corrected chi connectivity index (χ3v) is 4.72. The molecule has 4 heteroatoms. The van der Waals surface area contributed by atoms with Gasteiger partial charge in [0, 0.05) is 12.2 Å². The van der Waals surface area contributed by atoms with Gasteiger partial charge in [-0.1, -0.05) is 30.7 Å². The number of rotatable bonds is 5. The molecule has 0 spiro atoms. The van der Waals surface area contributed by atoms with E-state index in [0.29, 0.717) is 0 Å². The number of nitrogens with zero attached hydrogens (tertiary/aromatic N) is 1. The summed E-state index contributed by atoms with van der Waals surface area (Å²) < 4.78 is 13.2. The molecule has 1 aliphatic carbocycles. The van der Waals surface area contributed by atoms with Crippen LogP contribution < -0.4 is 5.32 Å². The molecule has 0 aliphatic heterocycles. The zero-order chi connectivity index (χ0) is 17.2. The molecule has 1 N–H and O–H groups in total. The van der Waals surface area contributed by atoms with Crippen LogP contribution in [-0.2, 0) is 16.8 Å². The first kappa shape index (κ1) is 16.7. The Kier molecular flexibility index (Phi) is 4.67. The summed E-state index contributed by atoms with van der Waals surface area (Å²) in [6, 6.07) is 14.3. The maximum absolute atomic E-state index is 13.2. The lowest BCUT2D eigenvalue weighted by atomic mass is 9.64. The van der Waals surface area contributed by atoms with Gasteiger partial charge >= 0.3 is 0 Å². The van der Waals surface area contributed by atoms with Crippen molar-refractivity contribution in [3.8, 4) is 0 Å². The van der Waals surface area contributed by atoms with Gasteiger partial charge in [0.1, 0.15) is 5.82 Å². The summed E-state index contributed by atoms with van der Waals surface area (Å²) >= 11 is 0. The van der Waals surface area contributed by atoms with Crippen molar-refractivity contribution >= 4 is 11.6 Å². The predicted octanol–water partition coefficient (Wildman–Crippen LogP) is 3.95. The number of nitrogens with one attached hydrogen (secondary N) is 1. The maximum atomic E-state index is 13.2. The van der Waals surface area contributed by atoms with Crippen LogP contribution >= 0.6 is 0 Å². The SMILES string of the molecule is CN(C)Cc1cccc(NC(=O)C2(c3ccc(F)cc3)CCC2)c1. The van der Waals surface area contributed by atoms with Crippen LogP contribution in [-0.4, -0.2) is 24.9 Å². The Morgan fingerprint density at radius 2 is 1.88 bits per heavy atom. The van der Waals surface area contributed by atoms with Gasteiger partial charge in [-0.2, -0.15) is 0 Å². The van der Waals surface area contributed by atoms with Gasteiger partial charge in [-0.15, -0.1) is 0 Å². The summed E-state index contributed by atoms with van der Waals surface area (Å²) in [6.45, 7) is 0.826. The van der Waals surface area contributed by atoms with Crippen LogP contribution in [0.15, 0.2) is 48.5 Å². The molecule has 0 aromatic heterocycles. The van der Waals surface area contributed by atoms with E-state index in [4.69, 9.17) is 0 Å². The second-order valence-electron chi connectivity index (χ2n) is 6.83. The molecule has 0 heterocycles. The third kappa shape index (κ3) is 3.34. The fourth-order valence-electron chi connectivity index (χ4n) is 3.31. The molecule has 2 aromatic rings. The van der Waals surface area contributed by atoms with Crippen molar-refractivity contribution in [3.05, 3.63) is 65.5 Å². The highest BCUT2D eigenvalue weighted by Gasteiger charge is 2.45. The highest BCUT2D eigenvalue weighted by molar-refractivity contribution is 6.00. The van der Waals surface area contributed by atoms with Crippen molar-refractivity contribution < 1.29 is 9.18 Å². The summed E-state index contributed by atoms with van der Waals surface area (Å²) in [6.07, 6.45) is 2.63. The van der Waals surface area contributed by atoms with Crippen molar-refractivity contribution in [3.63, 3.8) is 0 Å². The molecule has 1 fully saturated rings. The largest absolute Gasteiger partial charge is 0.325 e. The maximum Gasteiger partial charge on any atom is 0.235 e. The fourth-order valence-corrected chi connectivity index (χ4v) is 3.31. The van der Waals surface area contributed by atoms with Gasteiger partial charge < -0.3 is 10.2 Å². The zero-order valence-electron chi connectivity index (χ0n) is 14.2. The summed E-state index contributed by atoms with van der Waals surface area (Å²) in [5.41, 5.74) is 2.35. The highest BCUT2D eigenvalue weighted by atomic mass is 19.1. The number of amides is 1. The van der Waals surface area contributed by atoms with E-state index in [1.807, 2.05) is 32.3 Å². The van der Waals surface area contributed by atoms with Crippen LogP contribution in [0.4, 0.5) is 10.1 Å². The second-order valence-corrected chi connectivity index (χ2v) is 6.83. The number of carbonyl (C=O) groups is 1. The summed E-state index contributed by atoms with van der Waals surface area (Å²) in [5.74, 6) is -0.271. The molecule has 1 saturated carbocycles. The Hall–Kier alpha value is -2.20. The molecule has 3 nitrogen and oxygen atoms in total. The molecule has 0 atom stereocenters. The monoisotopic (exact) mass is 326 g/mol.